The second-order valence-corrected chi connectivity index (χ2v) is 10.5. The van der Waals surface area contributed by atoms with Crippen molar-refractivity contribution in [3.05, 3.63) is 59.7 Å². The van der Waals surface area contributed by atoms with Gasteiger partial charge in [-0.25, -0.2) is 33.1 Å². The number of imidazole rings is 1. The van der Waals surface area contributed by atoms with Crippen molar-refractivity contribution in [3.63, 3.8) is 0 Å². The normalized spacial score (nSPS) is 15.1. The summed E-state index contributed by atoms with van der Waals surface area (Å²) in [6.45, 7) is 5.80. The molecular weight excluding hydrogens is 505 g/mol. The molecule has 0 aliphatic carbocycles. The van der Waals surface area contributed by atoms with E-state index in [2.05, 4.69) is 49.1 Å². The number of alkyl halides is 1. The van der Waals surface area contributed by atoms with E-state index in [-0.39, 0.29) is 34.6 Å². The molecule has 0 atom stereocenters. The smallest absolute Gasteiger partial charge is 0.229 e. The number of halogens is 3. The molecular formula is C28H33F3N8. The molecule has 206 valence electrons. The molecule has 0 unspecified atom stereocenters. The molecule has 11 heteroatoms. The highest BCUT2D eigenvalue weighted by Crippen LogP contribution is 2.31. The Kier molecular flexibility index (Phi) is 7.81. The minimum absolute atomic E-state index is 0.0410. The quantitative estimate of drug-likeness (QED) is 0.318. The van der Waals surface area contributed by atoms with Gasteiger partial charge in [-0.05, 0) is 77.6 Å². The van der Waals surface area contributed by atoms with E-state index in [4.69, 9.17) is 0 Å². The number of pyridine rings is 1. The van der Waals surface area contributed by atoms with Crippen LogP contribution >= 0.6 is 0 Å². The van der Waals surface area contributed by atoms with Crippen molar-refractivity contribution in [3.8, 4) is 11.3 Å². The Morgan fingerprint density at radius 3 is 2.44 bits per heavy atom. The summed E-state index contributed by atoms with van der Waals surface area (Å²) in [4.78, 5) is 21.6. The predicted molar refractivity (Wildman–Crippen MR) is 145 cm³/mol. The molecule has 0 saturated carbocycles. The summed E-state index contributed by atoms with van der Waals surface area (Å²) in [6, 6.07) is 7.03. The number of hydrogen-bond acceptors (Lipinski definition) is 7. The van der Waals surface area contributed by atoms with Crippen LogP contribution in [-0.4, -0.2) is 67.5 Å². The van der Waals surface area contributed by atoms with Gasteiger partial charge >= 0.3 is 0 Å². The Bertz CT molecular complexity index is 1440. The molecule has 1 aliphatic heterocycles. The highest BCUT2D eigenvalue weighted by molar-refractivity contribution is 5.83. The number of likely N-dealkylation sites (tertiary alicyclic amines) is 1. The van der Waals surface area contributed by atoms with Gasteiger partial charge in [0, 0.05) is 30.4 Å². The predicted octanol–water partition coefficient (Wildman–Crippen LogP) is 5.49. The van der Waals surface area contributed by atoms with Gasteiger partial charge in [0.1, 0.15) is 29.5 Å². The van der Waals surface area contributed by atoms with Crippen LogP contribution in [0.4, 0.5) is 24.9 Å². The Morgan fingerprint density at radius 1 is 1.03 bits per heavy atom. The molecule has 0 radical (unpaired) electrons. The summed E-state index contributed by atoms with van der Waals surface area (Å²) >= 11 is 0. The summed E-state index contributed by atoms with van der Waals surface area (Å²) in [7, 11) is 4.26. The van der Waals surface area contributed by atoms with Crippen LogP contribution in [0.2, 0.25) is 0 Å². The highest BCUT2D eigenvalue weighted by Gasteiger charge is 2.21. The van der Waals surface area contributed by atoms with Gasteiger partial charge in [0.05, 0.1) is 11.7 Å². The lowest BCUT2D eigenvalue weighted by molar-refractivity contribution is 0.140. The maximum atomic E-state index is 15.0. The van der Waals surface area contributed by atoms with Gasteiger partial charge in [0.15, 0.2) is 11.6 Å². The van der Waals surface area contributed by atoms with Crippen LogP contribution in [0, 0.1) is 11.6 Å². The second kappa shape index (κ2) is 11.3. The maximum absolute atomic E-state index is 15.0. The maximum Gasteiger partial charge on any atom is 0.229 e. The molecule has 0 amide bonds. The van der Waals surface area contributed by atoms with Gasteiger partial charge in [-0.15, -0.1) is 0 Å². The van der Waals surface area contributed by atoms with Crippen molar-refractivity contribution >= 4 is 22.8 Å². The van der Waals surface area contributed by atoms with Crippen LogP contribution in [0.15, 0.2) is 36.7 Å². The lowest BCUT2D eigenvalue weighted by Crippen LogP contribution is -2.41. The molecule has 1 saturated heterocycles. The van der Waals surface area contributed by atoms with E-state index < -0.39 is 18.3 Å². The molecule has 39 heavy (non-hydrogen) atoms. The first-order valence-corrected chi connectivity index (χ1v) is 13.1. The summed E-state index contributed by atoms with van der Waals surface area (Å²) in [5, 5.41) is 3.01. The zero-order valence-corrected chi connectivity index (χ0v) is 22.6. The number of benzene rings is 1. The number of anilines is 2. The van der Waals surface area contributed by atoms with E-state index >= 15 is 0 Å². The van der Waals surface area contributed by atoms with E-state index in [1.54, 1.807) is 10.6 Å². The fourth-order valence-corrected chi connectivity index (χ4v) is 5.20. The van der Waals surface area contributed by atoms with Crippen LogP contribution in [-0.2, 0) is 13.2 Å². The molecule has 1 aromatic carbocycles. The van der Waals surface area contributed by atoms with Gasteiger partial charge in [0.2, 0.25) is 5.95 Å². The molecule has 3 aromatic heterocycles. The number of piperidine rings is 1. The molecule has 1 fully saturated rings. The van der Waals surface area contributed by atoms with E-state index in [0.29, 0.717) is 17.4 Å². The SMILES string of the molecule is CC(C)n1c(CF)nc2c(F)cc(-c3nc(Nc4ccc(CN5CCC(N(C)C)CC5)cn4)ncc3F)cc21. The average Bonchev–Trinajstić information content (AvgIpc) is 3.31. The van der Waals surface area contributed by atoms with Crippen molar-refractivity contribution in [1.82, 2.24) is 34.3 Å². The monoisotopic (exact) mass is 538 g/mol. The molecule has 1 aliphatic rings. The van der Waals surface area contributed by atoms with Crippen LogP contribution in [0.5, 0.6) is 0 Å². The molecule has 4 heterocycles. The molecule has 8 nitrogen and oxygen atoms in total. The number of nitrogens with zero attached hydrogens (tertiary/aromatic N) is 7. The Balaban J connectivity index is 1.34. The summed E-state index contributed by atoms with van der Waals surface area (Å²) in [6.07, 6.45) is 5.14. The number of aromatic nitrogens is 5. The average molecular weight is 539 g/mol. The van der Waals surface area contributed by atoms with Crippen molar-refractivity contribution in [2.45, 2.75) is 52.0 Å². The fourth-order valence-electron chi connectivity index (χ4n) is 5.20. The van der Waals surface area contributed by atoms with Crippen molar-refractivity contribution in [1.29, 1.82) is 0 Å². The minimum Gasteiger partial charge on any atom is -0.323 e. The van der Waals surface area contributed by atoms with Gasteiger partial charge in [-0.1, -0.05) is 6.07 Å². The van der Waals surface area contributed by atoms with Crippen molar-refractivity contribution < 1.29 is 13.2 Å². The van der Waals surface area contributed by atoms with Gasteiger partial charge in [-0.2, -0.15) is 0 Å². The van der Waals surface area contributed by atoms with Crippen LogP contribution in [0.3, 0.4) is 0 Å². The van der Waals surface area contributed by atoms with Gasteiger partial charge in [-0.3, -0.25) is 4.90 Å². The molecule has 0 bridgehead atoms. The molecule has 4 aromatic rings. The summed E-state index contributed by atoms with van der Waals surface area (Å²) in [5.41, 5.74) is 1.64. The zero-order chi connectivity index (χ0) is 27.7. The second-order valence-electron chi connectivity index (χ2n) is 10.5. The highest BCUT2D eigenvalue weighted by atomic mass is 19.1. The summed E-state index contributed by atoms with van der Waals surface area (Å²) in [5.74, 6) is -0.627. The largest absolute Gasteiger partial charge is 0.323 e. The first-order chi connectivity index (χ1) is 18.7. The number of rotatable bonds is 8. The van der Waals surface area contributed by atoms with Crippen LogP contribution in [0.1, 0.15) is 44.1 Å². The number of hydrogen-bond donors (Lipinski definition) is 1. The Morgan fingerprint density at radius 2 is 1.79 bits per heavy atom. The van der Waals surface area contributed by atoms with Crippen molar-refractivity contribution in [2.24, 2.45) is 0 Å². The lowest BCUT2D eigenvalue weighted by atomic mass is 10.0. The standard InChI is InChI=1S/C28H33F3N8/c1-17(2)39-23-12-19(11-21(30)27(23)35-25(39)13-29)26-22(31)15-33-28(36-26)34-24-6-5-18(14-32-24)16-38-9-7-20(8-10-38)37(3)4/h5-6,11-12,14-15,17,20H,7-10,13,16H2,1-4H3,(H,32,33,34,36). The van der Waals surface area contributed by atoms with E-state index in [1.165, 1.54) is 0 Å². The topological polar surface area (TPSA) is 75.0 Å². The van der Waals surface area contributed by atoms with Crippen molar-refractivity contribution in [2.75, 3.05) is 32.5 Å². The van der Waals surface area contributed by atoms with Gasteiger partial charge < -0.3 is 14.8 Å². The van der Waals surface area contributed by atoms with Gasteiger partial charge in [0.25, 0.3) is 0 Å². The van der Waals surface area contributed by atoms with E-state index in [0.717, 1.165) is 50.3 Å². The van der Waals surface area contributed by atoms with E-state index in [9.17, 15) is 13.2 Å². The number of fused-ring (bicyclic) bond motifs is 1. The molecule has 0 spiro atoms. The first-order valence-electron chi connectivity index (χ1n) is 13.1. The minimum atomic E-state index is -0.835. The molecule has 5 rings (SSSR count). The third kappa shape index (κ3) is 5.74. The third-order valence-electron chi connectivity index (χ3n) is 7.23. The van der Waals surface area contributed by atoms with Crippen LogP contribution < -0.4 is 5.32 Å². The summed E-state index contributed by atoms with van der Waals surface area (Å²) < 4.78 is 44.9. The lowest BCUT2D eigenvalue weighted by Gasteiger charge is -2.35. The third-order valence-corrected chi connectivity index (χ3v) is 7.23. The first kappa shape index (κ1) is 27.0. The van der Waals surface area contributed by atoms with E-state index in [1.807, 2.05) is 32.2 Å². The molecule has 1 N–H and O–H groups in total. The zero-order valence-electron chi connectivity index (χ0n) is 22.6. The Labute approximate surface area is 225 Å². The number of nitrogens with one attached hydrogen (secondary N) is 1. The Hall–Kier alpha value is -3.57. The van der Waals surface area contributed by atoms with Crippen LogP contribution in [0.25, 0.3) is 22.3 Å². The fraction of sp³-hybridized carbons (Fsp3) is 0.429.